The summed E-state index contributed by atoms with van der Waals surface area (Å²) in [5, 5.41) is 10.2. The molecular weight excluding hydrogens is 276 g/mol. The predicted octanol–water partition coefficient (Wildman–Crippen LogP) is 3.09. The lowest BCUT2D eigenvalue weighted by atomic mass is 10.1. The molecule has 0 aliphatic carbocycles. The Balaban J connectivity index is 1.65. The number of nitrogens with zero attached hydrogens (tertiary/aromatic N) is 2. The number of rotatable bonds is 5. The number of aryl methyl sites for hydroxylation is 1. The van der Waals surface area contributed by atoms with Crippen molar-refractivity contribution in [2.24, 2.45) is 0 Å². The molecule has 1 unspecified atom stereocenters. The monoisotopic (exact) mass is 296 g/mol. The first kappa shape index (κ1) is 14.6. The lowest BCUT2D eigenvalue weighted by Gasteiger charge is -2.15. The van der Waals surface area contributed by atoms with Gasteiger partial charge in [-0.05, 0) is 43.2 Å². The Morgan fingerprint density at radius 2 is 1.95 bits per heavy atom. The summed E-state index contributed by atoms with van der Waals surface area (Å²) >= 11 is 0. The molecule has 0 aliphatic heterocycles. The maximum Gasteiger partial charge on any atom is 0.122 e. The van der Waals surface area contributed by atoms with E-state index >= 15 is 0 Å². The number of aliphatic hydroxyl groups is 1. The molecule has 0 aliphatic rings. The Hall–Kier alpha value is -2.33. The predicted molar refractivity (Wildman–Crippen MR) is 87.2 cm³/mol. The van der Waals surface area contributed by atoms with Crippen molar-refractivity contribution in [3.05, 3.63) is 59.9 Å². The highest BCUT2D eigenvalue weighted by Gasteiger charge is 2.10. The van der Waals surface area contributed by atoms with Gasteiger partial charge in [0.2, 0.25) is 0 Å². The third-order valence-corrected chi connectivity index (χ3v) is 3.92. The molecule has 1 N–H and O–H groups in total. The van der Waals surface area contributed by atoms with Gasteiger partial charge in [-0.25, -0.2) is 4.98 Å². The van der Waals surface area contributed by atoms with E-state index in [9.17, 15) is 5.11 Å². The third kappa shape index (κ3) is 2.97. The van der Waals surface area contributed by atoms with Crippen LogP contribution in [-0.2, 0) is 6.54 Å². The van der Waals surface area contributed by atoms with E-state index in [1.54, 1.807) is 6.33 Å². The van der Waals surface area contributed by atoms with Crippen molar-refractivity contribution in [2.75, 3.05) is 6.61 Å². The summed E-state index contributed by atoms with van der Waals surface area (Å²) < 4.78 is 7.71. The average Bonchev–Trinajstić information content (AvgIpc) is 2.92. The van der Waals surface area contributed by atoms with E-state index < -0.39 is 6.10 Å². The fraction of sp³-hybridized carbons (Fsp3) is 0.278. The second-order valence-corrected chi connectivity index (χ2v) is 5.55. The zero-order valence-corrected chi connectivity index (χ0v) is 12.9. The zero-order valence-electron chi connectivity index (χ0n) is 12.9. The molecule has 4 nitrogen and oxygen atoms in total. The Morgan fingerprint density at radius 1 is 1.14 bits per heavy atom. The fourth-order valence-corrected chi connectivity index (χ4v) is 2.50. The second kappa shape index (κ2) is 6.20. The van der Waals surface area contributed by atoms with Crippen LogP contribution in [0.2, 0.25) is 0 Å². The van der Waals surface area contributed by atoms with E-state index in [2.05, 4.69) is 18.0 Å². The molecule has 114 valence electrons. The van der Waals surface area contributed by atoms with Gasteiger partial charge >= 0.3 is 0 Å². The molecule has 0 amide bonds. The van der Waals surface area contributed by atoms with Crippen molar-refractivity contribution in [1.82, 2.24) is 9.55 Å². The van der Waals surface area contributed by atoms with E-state index in [4.69, 9.17) is 4.74 Å². The van der Waals surface area contributed by atoms with E-state index in [-0.39, 0.29) is 6.61 Å². The topological polar surface area (TPSA) is 47.3 Å². The molecule has 0 saturated carbocycles. The zero-order chi connectivity index (χ0) is 15.5. The smallest absolute Gasteiger partial charge is 0.122 e. The first-order valence-corrected chi connectivity index (χ1v) is 7.42. The van der Waals surface area contributed by atoms with Crippen LogP contribution in [0.15, 0.2) is 48.8 Å². The molecule has 3 aromatic rings. The van der Waals surface area contributed by atoms with Crippen molar-refractivity contribution in [3.63, 3.8) is 0 Å². The summed E-state index contributed by atoms with van der Waals surface area (Å²) in [7, 11) is 0. The van der Waals surface area contributed by atoms with Gasteiger partial charge in [0.15, 0.2) is 0 Å². The lowest BCUT2D eigenvalue weighted by Crippen LogP contribution is -2.23. The van der Waals surface area contributed by atoms with Gasteiger partial charge in [0, 0.05) is 0 Å². The molecule has 1 aromatic heterocycles. The van der Waals surface area contributed by atoms with Crippen LogP contribution in [0.5, 0.6) is 5.75 Å². The Kier molecular flexibility index (Phi) is 4.11. The minimum absolute atomic E-state index is 0.261. The summed E-state index contributed by atoms with van der Waals surface area (Å²) in [6.07, 6.45) is 1.17. The summed E-state index contributed by atoms with van der Waals surface area (Å²) in [6, 6.07) is 13.8. The van der Waals surface area contributed by atoms with Crippen LogP contribution in [0.1, 0.15) is 11.1 Å². The van der Waals surface area contributed by atoms with Gasteiger partial charge < -0.3 is 14.4 Å². The molecule has 0 bridgehead atoms. The van der Waals surface area contributed by atoms with Crippen molar-refractivity contribution in [1.29, 1.82) is 0 Å². The number of aliphatic hydroxyl groups excluding tert-OH is 1. The number of aromatic nitrogens is 2. The average molecular weight is 296 g/mol. The van der Waals surface area contributed by atoms with Gasteiger partial charge in [-0.3, -0.25) is 0 Å². The molecule has 0 saturated heterocycles. The van der Waals surface area contributed by atoms with Gasteiger partial charge in [-0.1, -0.05) is 24.3 Å². The van der Waals surface area contributed by atoms with Crippen LogP contribution >= 0.6 is 0 Å². The number of benzene rings is 2. The molecule has 22 heavy (non-hydrogen) atoms. The number of imidazole rings is 1. The van der Waals surface area contributed by atoms with Gasteiger partial charge in [-0.15, -0.1) is 0 Å². The molecule has 2 aromatic carbocycles. The van der Waals surface area contributed by atoms with Gasteiger partial charge in [-0.2, -0.15) is 0 Å². The van der Waals surface area contributed by atoms with E-state index in [1.807, 2.05) is 47.9 Å². The highest BCUT2D eigenvalue weighted by molar-refractivity contribution is 5.74. The maximum atomic E-state index is 10.2. The standard InChI is InChI=1S/C18H20N2O2/c1-13-6-5-9-18(14(13)2)22-11-15(21)10-20-12-19-16-7-3-4-8-17(16)20/h3-9,12,15,21H,10-11H2,1-2H3. The minimum atomic E-state index is -0.586. The molecule has 0 radical (unpaired) electrons. The number of para-hydroxylation sites is 2. The first-order valence-electron chi connectivity index (χ1n) is 7.42. The maximum absolute atomic E-state index is 10.2. The van der Waals surface area contributed by atoms with Crippen LogP contribution in [0, 0.1) is 13.8 Å². The van der Waals surface area contributed by atoms with Crippen LogP contribution in [-0.4, -0.2) is 27.4 Å². The summed E-state index contributed by atoms with van der Waals surface area (Å²) in [4.78, 5) is 4.33. The van der Waals surface area contributed by atoms with Gasteiger partial charge in [0.1, 0.15) is 18.5 Å². The number of fused-ring (bicyclic) bond motifs is 1. The number of hydrogen-bond acceptors (Lipinski definition) is 3. The summed E-state index contributed by atoms with van der Waals surface area (Å²) in [6.45, 7) is 4.80. The normalized spacial score (nSPS) is 12.5. The van der Waals surface area contributed by atoms with Crippen LogP contribution < -0.4 is 4.74 Å². The largest absolute Gasteiger partial charge is 0.491 e. The Bertz CT molecular complexity index is 780. The first-order chi connectivity index (χ1) is 10.6. The highest BCUT2D eigenvalue weighted by atomic mass is 16.5. The number of ether oxygens (including phenoxy) is 1. The Morgan fingerprint density at radius 3 is 2.82 bits per heavy atom. The summed E-state index contributed by atoms with van der Waals surface area (Å²) in [5.41, 5.74) is 4.26. The molecule has 1 heterocycles. The number of hydrogen-bond donors (Lipinski definition) is 1. The van der Waals surface area contributed by atoms with Crippen molar-refractivity contribution < 1.29 is 9.84 Å². The van der Waals surface area contributed by atoms with Crippen molar-refractivity contribution >= 4 is 11.0 Å². The molecule has 0 fully saturated rings. The molecule has 3 rings (SSSR count). The quantitative estimate of drug-likeness (QED) is 0.787. The van der Waals surface area contributed by atoms with E-state index in [0.717, 1.165) is 22.3 Å². The second-order valence-electron chi connectivity index (χ2n) is 5.55. The highest BCUT2D eigenvalue weighted by Crippen LogP contribution is 2.21. The SMILES string of the molecule is Cc1cccc(OCC(O)Cn2cnc3ccccc32)c1C. The molecule has 4 heteroatoms. The molecular formula is C18H20N2O2. The molecule has 0 spiro atoms. The van der Waals surface area contributed by atoms with E-state index in [1.165, 1.54) is 5.56 Å². The summed E-state index contributed by atoms with van der Waals surface area (Å²) in [5.74, 6) is 0.828. The fourth-order valence-electron chi connectivity index (χ4n) is 2.50. The van der Waals surface area contributed by atoms with Crippen LogP contribution in [0.3, 0.4) is 0 Å². The lowest BCUT2D eigenvalue weighted by molar-refractivity contribution is 0.0930. The van der Waals surface area contributed by atoms with Crippen LogP contribution in [0.25, 0.3) is 11.0 Å². The van der Waals surface area contributed by atoms with Crippen molar-refractivity contribution in [3.8, 4) is 5.75 Å². The van der Waals surface area contributed by atoms with Crippen LogP contribution in [0.4, 0.5) is 0 Å². The van der Waals surface area contributed by atoms with Gasteiger partial charge in [0.05, 0.1) is 23.9 Å². The van der Waals surface area contributed by atoms with E-state index in [0.29, 0.717) is 6.54 Å². The Labute approximate surface area is 130 Å². The van der Waals surface area contributed by atoms with Crippen molar-refractivity contribution in [2.45, 2.75) is 26.5 Å². The van der Waals surface area contributed by atoms with Gasteiger partial charge in [0.25, 0.3) is 0 Å². The minimum Gasteiger partial charge on any atom is -0.491 e. The third-order valence-electron chi connectivity index (χ3n) is 3.92. The molecule has 1 atom stereocenters.